The summed E-state index contributed by atoms with van der Waals surface area (Å²) in [7, 11) is 1.74. The number of benzene rings is 1. The Hall–Kier alpha value is -1.32. The van der Waals surface area contributed by atoms with Crippen LogP contribution in [0.15, 0.2) is 24.3 Å². The van der Waals surface area contributed by atoms with Crippen molar-refractivity contribution < 1.29 is 9.84 Å². The van der Waals surface area contributed by atoms with Gasteiger partial charge in [0.05, 0.1) is 13.7 Å². The fourth-order valence-corrected chi connectivity index (χ4v) is 3.50. The van der Waals surface area contributed by atoms with Crippen LogP contribution in [0, 0.1) is 0 Å². The number of allylic oxidation sites excluding steroid dienone is 1. The van der Waals surface area contributed by atoms with Crippen molar-refractivity contribution in [2.45, 2.75) is 31.7 Å². The van der Waals surface area contributed by atoms with E-state index in [1.807, 2.05) is 6.07 Å². The predicted molar refractivity (Wildman–Crippen MR) is 81.0 cm³/mol. The molecular formula is C17H23NO2. The molecule has 0 amide bonds. The standard InChI is InChI=1S/C17H23NO2/c1-20-16-6-2-4-13-7-8-14(17(13)16)9-11-18-10-3-5-15(18)12-19/h2,4,6,8,15,19H,3,5,7,9-12H2,1H3/t15-/m0/s1. The van der Waals surface area contributed by atoms with E-state index in [1.54, 1.807) is 7.11 Å². The molecule has 1 heterocycles. The zero-order valence-electron chi connectivity index (χ0n) is 12.1. The van der Waals surface area contributed by atoms with E-state index in [9.17, 15) is 5.11 Å². The lowest BCUT2D eigenvalue weighted by molar-refractivity contribution is 0.161. The Balaban J connectivity index is 1.69. The number of hydrogen-bond acceptors (Lipinski definition) is 3. The van der Waals surface area contributed by atoms with Gasteiger partial charge in [0.25, 0.3) is 0 Å². The van der Waals surface area contributed by atoms with Crippen molar-refractivity contribution in [2.75, 3.05) is 26.8 Å². The second-order valence-electron chi connectivity index (χ2n) is 5.69. The van der Waals surface area contributed by atoms with Crippen LogP contribution in [0.25, 0.3) is 5.57 Å². The number of methoxy groups -OCH3 is 1. The quantitative estimate of drug-likeness (QED) is 0.894. The molecule has 0 aromatic heterocycles. The monoisotopic (exact) mass is 273 g/mol. The molecule has 0 radical (unpaired) electrons. The summed E-state index contributed by atoms with van der Waals surface area (Å²) in [5.74, 6) is 0.992. The van der Waals surface area contributed by atoms with E-state index in [4.69, 9.17) is 4.74 Å². The summed E-state index contributed by atoms with van der Waals surface area (Å²) in [5, 5.41) is 9.39. The Morgan fingerprint density at radius 3 is 3.10 bits per heavy atom. The van der Waals surface area contributed by atoms with Crippen LogP contribution in [-0.2, 0) is 6.42 Å². The number of fused-ring (bicyclic) bond motifs is 1. The van der Waals surface area contributed by atoms with Crippen LogP contribution in [0.1, 0.15) is 30.4 Å². The normalized spacial score (nSPS) is 21.9. The average molecular weight is 273 g/mol. The van der Waals surface area contributed by atoms with E-state index >= 15 is 0 Å². The number of rotatable bonds is 5. The van der Waals surface area contributed by atoms with E-state index in [2.05, 4.69) is 23.1 Å². The van der Waals surface area contributed by atoms with Crippen LogP contribution in [0.5, 0.6) is 5.75 Å². The summed E-state index contributed by atoms with van der Waals surface area (Å²) in [6.07, 6.45) is 6.74. The van der Waals surface area contributed by atoms with Crippen LogP contribution in [-0.4, -0.2) is 42.9 Å². The minimum Gasteiger partial charge on any atom is -0.496 e. The van der Waals surface area contributed by atoms with Crippen molar-refractivity contribution in [1.82, 2.24) is 4.90 Å². The zero-order valence-corrected chi connectivity index (χ0v) is 12.1. The molecule has 0 bridgehead atoms. The molecule has 1 N–H and O–H groups in total. The number of hydrogen-bond donors (Lipinski definition) is 1. The highest BCUT2D eigenvalue weighted by Gasteiger charge is 2.25. The van der Waals surface area contributed by atoms with Gasteiger partial charge in [-0.1, -0.05) is 18.2 Å². The number of ether oxygens (including phenoxy) is 1. The first-order valence-electron chi connectivity index (χ1n) is 7.53. The molecule has 1 saturated heterocycles. The Labute approximate surface area is 120 Å². The first-order chi connectivity index (χ1) is 9.83. The smallest absolute Gasteiger partial charge is 0.126 e. The molecule has 1 fully saturated rings. The number of aliphatic hydroxyl groups is 1. The third-order valence-electron chi connectivity index (χ3n) is 4.60. The molecule has 0 unspecified atom stereocenters. The summed E-state index contributed by atoms with van der Waals surface area (Å²) < 4.78 is 5.51. The van der Waals surface area contributed by atoms with Crippen LogP contribution < -0.4 is 4.74 Å². The molecule has 3 heteroatoms. The van der Waals surface area contributed by atoms with Gasteiger partial charge in [0.2, 0.25) is 0 Å². The lowest BCUT2D eigenvalue weighted by Gasteiger charge is -2.23. The van der Waals surface area contributed by atoms with Gasteiger partial charge < -0.3 is 9.84 Å². The molecular weight excluding hydrogens is 250 g/mol. The molecule has 3 nitrogen and oxygen atoms in total. The van der Waals surface area contributed by atoms with Crippen LogP contribution in [0.2, 0.25) is 0 Å². The van der Waals surface area contributed by atoms with E-state index in [0.717, 1.165) is 38.1 Å². The Bertz CT molecular complexity index is 510. The molecule has 1 aromatic rings. The third-order valence-corrected chi connectivity index (χ3v) is 4.60. The van der Waals surface area contributed by atoms with Gasteiger partial charge in [-0.15, -0.1) is 0 Å². The van der Waals surface area contributed by atoms with Gasteiger partial charge in [0.15, 0.2) is 0 Å². The minimum atomic E-state index is 0.291. The van der Waals surface area contributed by atoms with E-state index in [0.29, 0.717) is 12.6 Å². The van der Waals surface area contributed by atoms with Crippen LogP contribution >= 0.6 is 0 Å². The number of nitrogens with zero attached hydrogens (tertiary/aromatic N) is 1. The van der Waals surface area contributed by atoms with Crippen LogP contribution in [0.4, 0.5) is 0 Å². The molecule has 1 atom stereocenters. The molecule has 0 spiro atoms. The van der Waals surface area contributed by atoms with E-state index in [-0.39, 0.29) is 0 Å². The van der Waals surface area contributed by atoms with Gasteiger partial charge in [-0.25, -0.2) is 0 Å². The minimum absolute atomic E-state index is 0.291. The summed E-state index contributed by atoms with van der Waals surface area (Å²) in [6.45, 7) is 2.45. The van der Waals surface area contributed by atoms with Crippen molar-refractivity contribution in [2.24, 2.45) is 0 Å². The second-order valence-corrected chi connectivity index (χ2v) is 5.69. The van der Waals surface area contributed by atoms with Gasteiger partial charge in [-0.05, 0) is 49.4 Å². The SMILES string of the molecule is COc1cccc2c1C(CCN1CCC[C@H]1CO)=CC2. The molecule has 3 rings (SSSR count). The second kappa shape index (κ2) is 5.98. The molecule has 1 aromatic carbocycles. The zero-order chi connectivity index (χ0) is 13.9. The highest BCUT2D eigenvalue weighted by atomic mass is 16.5. The molecule has 20 heavy (non-hydrogen) atoms. The Morgan fingerprint density at radius 1 is 1.40 bits per heavy atom. The number of likely N-dealkylation sites (tertiary alicyclic amines) is 1. The summed E-state index contributed by atoms with van der Waals surface area (Å²) >= 11 is 0. The highest BCUT2D eigenvalue weighted by molar-refractivity contribution is 5.77. The molecule has 1 aliphatic heterocycles. The first kappa shape index (κ1) is 13.7. The lowest BCUT2D eigenvalue weighted by atomic mass is 10.0. The van der Waals surface area contributed by atoms with Crippen molar-refractivity contribution in [3.63, 3.8) is 0 Å². The van der Waals surface area contributed by atoms with Gasteiger partial charge >= 0.3 is 0 Å². The molecule has 108 valence electrons. The molecule has 1 aliphatic carbocycles. The molecule has 2 aliphatic rings. The van der Waals surface area contributed by atoms with Gasteiger partial charge in [0.1, 0.15) is 5.75 Å². The maximum absolute atomic E-state index is 9.39. The van der Waals surface area contributed by atoms with Crippen molar-refractivity contribution in [3.05, 3.63) is 35.4 Å². The van der Waals surface area contributed by atoms with E-state index < -0.39 is 0 Å². The van der Waals surface area contributed by atoms with Crippen molar-refractivity contribution in [3.8, 4) is 5.75 Å². The van der Waals surface area contributed by atoms with Crippen molar-refractivity contribution >= 4 is 5.57 Å². The highest BCUT2D eigenvalue weighted by Crippen LogP contribution is 2.37. The third kappa shape index (κ3) is 2.48. The van der Waals surface area contributed by atoms with Crippen LogP contribution in [0.3, 0.4) is 0 Å². The lowest BCUT2D eigenvalue weighted by Crippen LogP contribution is -2.33. The fourth-order valence-electron chi connectivity index (χ4n) is 3.50. The van der Waals surface area contributed by atoms with Crippen molar-refractivity contribution in [1.29, 1.82) is 0 Å². The van der Waals surface area contributed by atoms with Gasteiger partial charge in [0, 0.05) is 18.2 Å². The van der Waals surface area contributed by atoms with Gasteiger partial charge in [-0.3, -0.25) is 4.90 Å². The Kier molecular flexibility index (Phi) is 4.08. The fraction of sp³-hybridized carbons (Fsp3) is 0.529. The first-order valence-corrected chi connectivity index (χ1v) is 7.53. The average Bonchev–Trinajstić information content (AvgIpc) is 3.10. The van der Waals surface area contributed by atoms with E-state index in [1.165, 1.54) is 23.1 Å². The maximum atomic E-state index is 9.39. The number of aliphatic hydroxyl groups excluding tert-OH is 1. The van der Waals surface area contributed by atoms with Gasteiger partial charge in [-0.2, -0.15) is 0 Å². The summed E-state index contributed by atoms with van der Waals surface area (Å²) in [5.41, 5.74) is 4.08. The summed E-state index contributed by atoms with van der Waals surface area (Å²) in [6, 6.07) is 6.67. The summed E-state index contributed by atoms with van der Waals surface area (Å²) in [4.78, 5) is 2.42. The Morgan fingerprint density at radius 2 is 2.30 bits per heavy atom. The topological polar surface area (TPSA) is 32.7 Å². The molecule has 0 saturated carbocycles. The maximum Gasteiger partial charge on any atom is 0.126 e. The predicted octanol–water partition coefficient (Wildman–Crippen LogP) is 2.48. The largest absolute Gasteiger partial charge is 0.496 e.